The van der Waals surface area contributed by atoms with Gasteiger partial charge < -0.3 is 52.2 Å². The Morgan fingerprint density at radius 3 is 1.36 bits per heavy atom. The highest BCUT2D eigenvalue weighted by Crippen LogP contribution is 2.19. The van der Waals surface area contributed by atoms with Gasteiger partial charge in [0.05, 0.1) is 12.8 Å². The van der Waals surface area contributed by atoms with Gasteiger partial charge in [-0.15, -0.1) is 0 Å². The summed E-state index contributed by atoms with van der Waals surface area (Å²) in [6, 6.07) is -9.67. The summed E-state index contributed by atoms with van der Waals surface area (Å²) in [5, 5.41) is 37.8. The quantitative estimate of drug-likeness (QED) is 0.0498. The number of carboxylic acids is 2. The summed E-state index contributed by atoms with van der Waals surface area (Å²) in [6.45, 7) is 21.7. The average molecular weight is 1020 g/mol. The number of cyclic esters (lactones) is 1. The van der Waals surface area contributed by atoms with Gasteiger partial charge in [-0.3, -0.25) is 43.2 Å². The second kappa shape index (κ2) is 33.4. The third-order valence-corrected chi connectivity index (χ3v) is 12.7. The van der Waals surface area contributed by atoms with Crippen molar-refractivity contribution in [3.05, 3.63) is 0 Å². The Bertz CT molecular complexity index is 1790. The fraction of sp³-hybridized carbons (Fsp3) is 0.808. The molecule has 412 valence electrons. The number of carbonyl (C=O) groups excluding carboxylic acids is 8. The number of amides is 7. The van der Waals surface area contributed by atoms with Crippen LogP contribution in [0.25, 0.3) is 0 Å². The van der Waals surface area contributed by atoms with Gasteiger partial charge in [0, 0.05) is 6.42 Å². The molecule has 1 fully saturated rings. The van der Waals surface area contributed by atoms with Gasteiger partial charge in [0.25, 0.3) is 0 Å². The predicted molar refractivity (Wildman–Crippen MR) is 272 cm³/mol. The van der Waals surface area contributed by atoms with E-state index in [4.69, 9.17) is 4.74 Å². The molecule has 7 amide bonds. The van der Waals surface area contributed by atoms with E-state index in [1.165, 1.54) is 0 Å². The molecule has 0 bridgehead atoms. The minimum absolute atomic E-state index is 0.0356. The summed E-state index contributed by atoms with van der Waals surface area (Å²) >= 11 is 0. The molecule has 0 spiro atoms. The van der Waals surface area contributed by atoms with Crippen LogP contribution in [0.2, 0.25) is 0 Å². The second-order valence-electron chi connectivity index (χ2n) is 21.7. The van der Waals surface area contributed by atoms with E-state index in [0.717, 1.165) is 44.9 Å². The van der Waals surface area contributed by atoms with E-state index in [2.05, 4.69) is 51.1 Å². The molecule has 72 heavy (non-hydrogen) atoms. The molecule has 0 aromatic rings. The van der Waals surface area contributed by atoms with Crippen LogP contribution in [0.4, 0.5) is 0 Å². The first-order valence-corrected chi connectivity index (χ1v) is 26.4. The molecule has 0 aromatic heterocycles. The van der Waals surface area contributed by atoms with Gasteiger partial charge in [-0.1, -0.05) is 128 Å². The van der Waals surface area contributed by atoms with Crippen molar-refractivity contribution in [2.45, 2.75) is 234 Å². The van der Waals surface area contributed by atoms with Gasteiger partial charge in [-0.25, -0.2) is 4.79 Å². The van der Waals surface area contributed by atoms with Crippen molar-refractivity contribution in [2.24, 2.45) is 35.5 Å². The molecule has 0 saturated carbocycles. The third-order valence-electron chi connectivity index (χ3n) is 12.7. The topological polar surface area (TPSA) is 305 Å². The number of ether oxygens (including phenoxy) is 1. The maximum atomic E-state index is 14.1. The monoisotopic (exact) mass is 1020 g/mol. The molecular formula is C52H91N7O13. The van der Waals surface area contributed by atoms with Crippen LogP contribution in [0.5, 0.6) is 0 Å². The Balaban J connectivity index is 3.93. The molecular weight excluding hydrogens is 931 g/mol. The van der Waals surface area contributed by atoms with Gasteiger partial charge in [-0.2, -0.15) is 0 Å². The number of unbranched alkanes of at least 4 members (excludes halogenated alkanes) is 5. The Morgan fingerprint density at radius 1 is 0.500 bits per heavy atom. The first-order valence-electron chi connectivity index (χ1n) is 26.4. The van der Waals surface area contributed by atoms with Crippen LogP contribution in [0.3, 0.4) is 0 Å². The number of carboxylic acid groups (broad SMARTS) is 2. The van der Waals surface area contributed by atoms with Crippen molar-refractivity contribution >= 4 is 59.3 Å². The van der Waals surface area contributed by atoms with E-state index in [9.17, 15) is 58.2 Å². The Kier molecular flexibility index (Phi) is 30.0. The normalized spacial score (nSPS) is 24.6. The van der Waals surface area contributed by atoms with Crippen molar-refractivity contribution in [3.8, 4) is 0 Å². The number of esters is 1. The smallest absolute Gasteiger partial charge is 0.329 e. The highest BCUT2D eigenvalue weighted by atomic mass is 16.5. The number of hydrogen-bond donors (Lipinski definition) is 9. The highest BCUT2D eigenvalue weighted by Gasteiger charge is 2.37. The van der Waals surface area contributed by atoms with Crippen LogP contribution in [0.1, 0.15) is 186 Å². The van der Waals surface area contributed by atoms with E-state index >= 15 is 0 Å². The van der Waals surface area contributed by atoms with E-state index in [0.29, 0.717) is 12.3 Å². The molecule has 1 rings (SSSR count). The fourth-order valence-electron chi connectivity index (χ4n) is 8.32. The standard InChI is InChI=1S/C52H91N7O13/c1-13-34(12)20-18-16-14-15-17-19-21-35-27-41(60)53-36(22-23-42(61)62)46(65)54-37(24-29(2)3)47(66)55-38(25-30(4)5)49(68)58-44(32(8)9)51(70)57-40(28-43(63)64)48(67)56-39(26-31(6)7)50(69)59-45(33(10)11)52(71)72-35/h29-40,44-45H,13-28H2,1-12H3,(H,53,60)(H,54,65)(H,55,66)(H,56,67)(H,57,70)(H,58,68)(H,59,69)(H,61,62)(H,63,64). The summed E-state index contributed by atoms with van der Waals surface area (Å²) in [6.07, 6.45) is 4.85. The number of hydrogen-bond acceptors (Lipinski definition) is 11. The SMILES string of the molecule is CCC(C)CCCCCCCCC1CC(=O)NC(CCC(=O)O)C(=O)NC(CC(C)C)C(=O)NC(CC(C)C)C(=O)NC(C(C)C)C(=O)NC(CC(=O)O)C(=O)NC(CC(C)C)C(=O)NC(C(C)C)C(=O)O1. The minimum atomic E-state index is -1.72. The van der Waals surface area contributed by atoms with Gasteiger partial charge in [0.2, 0.25) is 41.4 Å². The largest absolute Gasteiger partial charge is 0.481 e. The molecule has 1 saturated heterocycles. The zero-order chi connectivity index (χ0) is 54.8. The number of nitrogens with one attached hydrogen (secondary N) is 7. The second-order valence-corrected chi connectivity index (χ2v) is 21.7. The first kappa shape index (κ1) is 64.7. The average Bonchev–Trinajstić information content (AvgIpc) is 3.26. The molecule has 0 radical (unpaired) electrons. The molecule has 9 unspecified atom stereocenters. The molecule has 1 heterocycles. The summed E-state index contributed by atoms with van der Waals surface area (Å²) in [5.74, 6) is -10.6. The minimum Gasteiger partial charge on any atom is -0.481 e. The third kappa shape index (κ3) is 25.9. The molecule has 20 nitrogen and oxygen atoms in total. The molecule has 1 aliphatic heterocycles. The molecule has 0 aliphatic carbocycles. The van der Waals surface area contributed by atoms with Crippen molar-refractivity contribution in [3.63, 3.8) is 0 Å². The summed E-state index contributed by atoms with van der Waals surface area (Å²) in [5.41, 5.74) is 0. The summed E-state index contributed by atoms with van der Waals surface area (Å²) < 4.78 is 6.00. The lowest BCUT2D eigenvalue weighted by Crippen LogP contribution is -2.61. The summed E-state index contributed by atoms with van der Waals surface area (Å²) in [4.78, 5) is 136. The zero-order valence-electron chi connectivity index (χ0n) is 45.3. The van der Waals surface area contributed by atoms with Crippen LogP contribution in [0, 0.1) is 35.5 Å². The van der Waals surface area contributed by atoms with Crippen molar-refractivity contribution < 1.29 is 62.9 Å². The first-order chi connectivity index (χ1) is 33.6. The summed E-state index contributed by atoms with van der Waals surface area (Å²) in [7, 11) is 0. The van der Waals surface area contributed by atoms with E-state index in [1.54, 1.807) is 69.2 Å². The van der Waals surface area contributed by atoms with Gasteiger partial charge >= 0.3 is 17.9 Å². The van der Waals surface area contributed by atoms with E-state index in [1.807, 2.05) is 0 Å². The number of aliphatic carboxylic acids is 2. The molecule has 9 atom stereocenters. The van der Waals surface area contributed by atoms with Crippen LogP contribution in [-0.2, 0) is 52.7 Å². The van der Waals surface area contributed by atoms with E-state index < -0.39 is 139 Å². The maximum Gasteiger partial charge on any atom is 0.329 e. The van der Waals surface area contributed by atoms with Crippen LogP contribution in [0.15, 0.2) is 0 Å². The highest BCUT2D eigenvalue weighted by molar-refractivity contribution is 5.98. The maximum absolute atomic E-state index is 14.1. The number of rotatable bonds is 23. The molecule has 0 aromatic carbocycles. The lowest BCUT2D eigenvalue weighted by atomic mass is 9.98. The van der Waals surface area contributed by atoms with Gasteiger partial charge in [0.1, 0.15) is 48.4 Å². The van der Waals surface area contributed by atoms with Gasteiger partial charge in [-0.05, 0) is 74.0 Å². The molecule has 1 aliphatic rings. The predicted octanol–water partition coefficient (Wildman–Crippen LogP) is 4.65. The van der Waals surface area contributed by atoms with E-state index in [-0.39, 0.29) is 49.9 Å². The lowest BCUT2D eigenvalue weighted by Gasteiger charge is -2.29. The molecule has 20 heteroatoms. The molecule has 9 N–H and O–H groups in total. The van der Waals surface area contributed by atoms with Crippen molar-refractivity contribution in [2.75, 3.05) is 0 Å². The Hall–Kier alpha value is -5.30. The van der Waals surface area contributed by atoms with Crippen LogP contribution >= 0.6 is 0 Å². The zero-order valence-corrected chi connectivity index (χ0v) is 45.3. The van der Waals surface area contributed by atoms with Crippen molar-refractivity contribution in [1.82, 2.24) is 37.2 Å². The fourth-order valence-corrected chi connectivity index (χ4v) is 8.32. The Labute approximate surface area is 428 Å². The Morgan fingerprint density at radius 2 is 0.917 bits per heavy atom. The van der Waals surface area contributed by atoms with Gasteiger partial charge in [0.15, 0.2) is 0 Å². The number of carbonyl (C=O) groups is 10. The van der Waals surface area contributed by atoms with Crippen LogP contribution in [-0.4, -0.2) is 118 Å². The van der Waals surface area contributed by atoms with Crippen molar-refractivity contribution in [1.29, 1.82) is 0 Å². The lowest BCUT2D eigenvalue weighted by molar-refractivity contribution is -0.156. The van der Waals surface area contributed by atoms with Crippen LogP contribution < -0.4 is 37.2 Å².